The van der Waals surface area contributed by atoms with Crippen molar-refractivity contribution in [3.8, 4) is 0 Å². The molecule has 8 heteroatoms. The van der Waals surface area contributed by atoms with E-state index in [1.54, 1.807) is 23.5 Å². The minimum Gasteiger partial charge on any atom is -0.349 e. The van der Waals surface area contributed by atoms with Gasteiger partial charge in [-0.2, -0.15) is 0 Å². The van der Waals surface area contributed by atoms with Crippen molar-refractivity contribution in [2.45, 2.75) is 13.3 Å². The van der Waals surface area contributed by atoms with E-state index in [-0.39, 0.29) is 24.2 Å². The van der Waals surface area contributed by atoms with E-state index in [9.17, 15) is 9.59 Å². The monoisotopic (exact) mass is 343 g/mol. The smallest absolute Gasteiger partial charge is 0.288 e. The van der Waals surface area contributed by atoms with Crippen molar-refractivity contribution in [3.05, 3.63) is 46.4 Å². The third-order valence-corrected chi connectivity index (χ3v) is 4.22. The third-order valence-electron chi connectivity index (χ3n) is 3.40. The largest absolute Gasteiger partial charge is 0.349 e. The lowest BCUT2D eigenvalue weighted by molar-refractivity contribution is -0.118. The molecule has 2 heterocycles. The van der Waals surface area contributed by atoms with E-state index in [1.807, 2.05) is 30.5 Å². The van der Waals surface area contributed by atoms with Gasteiger partial charge in [0.05, 0.1) is 16.4 Å². The molecule has 3 rings (SSSR count). The van der Waals surface area contributed by atoms with Gasteiger partial charge in [-0.3, -0.25) is 20.0 Å². The van der Waals surface area contributed by atoms with E-state index < -0.39 is 0 Å². The molecule has 1 aliphatic rings. The summed E-state index contributed by atoms with van der Waals surface area (Å²) in [6.07, 6.45) is 0.657. The molecule has 0 spiro atoms. The lowest BCUT2D eigenvalue weighted by Crippen LogP contribution is -2.55. The Balaban J connectivity index is 1.57. The van der Waals surface area contributed by atoms with E-state index in [2.05, 4.69) is 20.7 Å². The van der Waals surface area contributed by atoms with Crippen LogP contribution >= 0.6 is 11.3 Å². The molecule has 1 aromatic carbocycles. The Hall–Kier alpha value is -2.74. The van der Waals surface area contributed by atoms with E-state index in [0.717, 1.165) is 10.7 Å². The van der Waals surface area contributed by atoms with Crippen LogP contribution in [0.15, 0.2) is 40.7 Å². The number of aromatic nitrogens is 1. The second-order valence-corrected chi connectivity index (χ2v) is 6.27. The van der Waals surface area contributed by atoms with Crippen LogP contribution in [0.3, 0.4) is 0 Å². The van der Waals surface area contributed by atoms with Crippen LogP contribution in [-0.2, 0) is 16.0 Å². The Labute approximate surface area is 143 Å². The van der Waals surface area contributed by atoms with Gasteiger partial charge in [-0.1, -0.05) is 18.2 Å². The van der Waals surface area contributed by atoms with Gasteiger partial charge in [-0.15, -0.1) is 11.3 Å². The molecule has 2 amide bonds. The molecule has 0 saturated heterocycles. The van der Waals surface area contributed by atoms with Crippen molar-refractivity contribution in [2.24, 2.45) is 4.99 Å². The van der Waals surface area contributed by atoms with Crippen LogP contribution in [0.2, 0.25) is 0 Å². The van der Waals surface area contributed by atoms with Gasteiger partial charge in [0.1, 0.15) is 6.54 Å². The number of nitrogens with one attached hydrogen (secondary N) is 2. The number of carbonyl (C=O) groups excluding carboxylic acids is 2. The summed E-state index contributed by atoms with van der Waals surface area (Å²) in [7, 11) is 0. The predicted molar refractivity (Wildman–Crippen MR) is 92.9 cm³/mol. The average Bonchev–Trinajstić information content (AvgIpc) is 3.01. The number of carbonyl (C=O) groups is 2. The summed E-state index contributed by atoms with van der Waals surface area (Å²) in [5.74, 6) is -0.418. The van der Waals surface area contributed by atoms with Crippen LogP contribution in [0.1, 0.15) is 10.7 Å². The molecule has 0 bridgehead atoms. The molecule has 24 heavy (non-hydrogen) atoms. The first-order valence-electron chi connectivity index (χ1n) is 7.52. The molecule has 2 N–H and O–H groups in total. The van der Waals surface area contributed by atoms with E-state index >= 15 is 0 Å². The van der Waals surface area contributed by atoms with Crippen molar-refractivity contribution in [1.29, 1.82) is 0 Å². The van der Waals surface area contributed by atoms with E-state index in [4.69, 9.17) is 0 Å². The number of hydrogen-bond donors (Lipinski definition) is 2. The summed E-state index contributed by atoms with van der Waals surface area (Å²) in [6.45, 7) is 2.35. The number of amides is 2. The van der Waals surface area contributed by atoms with Gasteiger partial charge in [-0.05, 0) is 19.1 Å². The summed E-state index contributed by atoms with van der Waals surface area (Å²) in [5.41, 5.74) is 4.40. The van der Waals surface area contributed by atoms with Crippen molar-refractivity contribution < 1.29 is 9.59 Å². The van der Waals surface area contributed by atoms with Gasteiger partial charge < -0.3 is 5.32 Å². The molecule has 2 aromatic rings. The van der Waals surface area contributed by atoms with Gasteiger partial charge in [0.25, 0.3) is 11.8 Å². The van der Waals surface area contributed by atoms with Crippen LogP contribution in [0.5, 0.6) is 0 Å². The van der Waals surface area contributed by atoms with Gasteiger partial charge >= 0.3 is 0 Å². The molecule has 0 radical (unpaired) electrons. The zero-order valence-electron chi connectivity index (χ0n) is 13.2. The zero-order chi connectivity index (χ0) is 16.9. The molecule has 124 valence electrons. The second-order valence-electron chi connectivity index (χ2n) is 5.21. The molecule has 0 aliphatic carbocycles. The van der Waals surface area contributed by atoms with Gasteiger partial charge in [-0.25, -0.2) is 9.99 Å². The first-order valence-corrected chi connectivity index (χ1v) is 8.40. The summed E-state index contributed by atoms with van der Waals surface area (Å²) in [5, 5.41) is 7.12. The number of benzene rings is 1. The number of hydrazine groups is 1. The maximum atomic E-state index is 12.2. The van der Waals surface area contributed by atoms with Crippen LogP contribution in [0.4, 0.5) is 5.69 Å². The summed E-state index contributed by atoms with van der Waals surface area (Å²) in [4.78, 5) is 32.6. The Morgan fingerprint density at radius 1 is 1.38 bits per heavy atom. The molecule has 7 nitrogen and oxygen atoms in total. The highest BCUT2D eigenvalue weighted by atomic mass is 32.1. The molecule has 1 aliphatic heterocycles. The predicted octanol–water partition coefficient (Wildman–Crippen LogP) is 1.06. The van der Waals surface area contributed by atoms with Crippen molar-refractivity contribution in [2.75, 3.05) is 18.1 Å². The van der Waals surface area contributed by atoms with Crippen molar-refractivity contribution >= 4 is 34.7 Å². The molecule has 0 saturated carbocycles. The van der Waals surface area contributed by atoms with Gasteiger partial charge in [0.15, 0.2) is 0 Å². The van der Waals surface area contributed by atoms with Crippen LogP contribution in [0.25, 0.3) is 0 Å². The highest BCUT2D eigenvalue weighted by Crippen LogP contribution is 2.13. The highest BCUT2D eigenvalue weighted by Gasteiger charge is 2.25. The number of thiazole rings is 1. The minimum atomic E-state index is -0.338. The number of rotatable bonds is 5. The fourth-order valence-corrected chi connectivity index (χ4v) is 2.89. The lowest BCUT2D eigenvalue weighted by Gasteiger charge is -2.27. The second kappa shape index (κ2) is 7.22. The fourth-order valence-electron chi connectivity index (χ4n) is 2.24. The maximum Gasteiger partial charge on any atom is 0.288 e. The molecule has 0 unspecified atom stereocenters. The summed E-state index contributed by atoms with van der Waals surface area (Å²) >= 11 is 1.59. The molecular weight excluding hydrogens is 326 g/mol. The maximum absolute atomic E-state index is 12.2. The minimum absolute atomic E-state index is 0.0596. The fraction of sp³-hybridized carbons (Fsp3) is 0.250. The van der Waals surface area contributed by atoms with Crippen LogP contribution < -0.4 is 15.8 Å². The number of anilines is 1. The summed E-state index contributed by atoms with van der Waals surface area (Å²) in [6, 6.07) is 9.09. The first kappa shape index (κ1) is 16.1. The Kier molecular flexibility index (Phi) is 4.85. The quantitative estimate of drug-likeness (QED) is 0.850. The first-order chi connectivity index (χ1) is 11.6. The number of amidine groups is 1. The Morgan fingerprint density at radius 3 is 2.88 bits per heavy atom. The normalized spacial score (nSPS) is 14.1. The lowest BCUT2D eigenvalue weighted by atomic mass is 10.3. The van der Waals surface area contributed by atoms with Crippen LogP contribution in [-0.4, -0.2) is 35.7 Å². The Morgan fingerprint density at radius 2 is 2.17 bits per heavy atom. The highest BCUT2D eigenvalue weighted by molar-refractivity contribution is 7.09. The van der Waals surface area contributed by atoms with Crippen molar-refractivity contribution in [1.82, 2.24) is 15.7 Å². The topological polar surface area (TPSA) is 86.7 Å². The molecule has 0 atom stereocenters. The van der Waals surface area contributed by atoms with Crippen molar-refractivity contribution in [3.63, 3.8) is 0 Å². The molecular formula is C16H17N5O2S. The SMILES string of the molecule is Cc1nc(CCNC(=O)C2=NCC(=O)N(c3ccccc3)N2)cs1. The molecule has 0 fully saturated rings. The van der Waals surface area contributed by atoms with E-state index in [1.165, 1.54) is 5.01 Å². The van der Waals surface area contributed by atoms with Crippen LogP contribution in [0, 0.1) is 6.92 Å². The summed E-state index contributed by atoms with van der Waals surface area (Å²) < 4.78 is 0. The number of nitrogens with zero attached hydrogens (tertiary/aromatic N) is 3. The number of hydrogen-bond acceptors (Lipinski definition) is 6. The Bertz CT molecular complexity index is 772. The number of aliphatic imine (C=N–C) groups is 1. The number of aryl methyl sites for hydroxylation is 1. The molecule has 1 aromatic heterocycles. The van der Waals surface area contributed by atoms with Gasteiger partial charge in [0, 0.05) is 18.3 Å². The zero-order valence-corrected chi connectivity index (χ0v) is 14.0. The average molecular weight is 343 g/mol. The number of para-hydroxylation sites is 1. The van der Waals surface area contributed by atoms with Gasteiger partial charge in [0.2, 0.25) is 5.84 Å². The van der Waals surface area contributed by atoms with E-state index in [0.29, 0.717) is 18.7 Å². The third kappa shape index (κ3) is 3.77. The standard InChI is InChI=1S/C16H17N5O2S/c1-11-19-12(10-24-11)7-8-17-16(23)15-18-9-14(22)21(20-15)13-5-3-2-4-6-13/h2-6,10H,7-9H2,1H3,(H,17,23)(H,18,20).